The third-order valence-corrected chi connectivity index (χ3v) is 2.84. The molecule has 0 radical (unpaired) electrons. The van der Waals surface area contributed by atoms with Crippen molar-refractivity contribution in [3.63, 3.8) is 0 Å². The molecule has 2 rings (SSSR count). The molecular weight excluding hydrogens is 156 g/mol. The molecule has 1 aromatic rings. The van der Waals surface area contributed by atoms with Crippen LogP contribution in [0.15, 0.2) is 24.3 Å². The van der Waals surface area contributed by atoms with E-state index in [2.05, 4.69) is 31.2 Å². The highest BCUT2D eigenvalue weighted by Crippen LogP contribution is 2.33. The maximum Gasteiger partial charge on any atom is -0.0248 e. The highest BCUT2D eigenvalue weighted by atomic mass is 14.3. The Labute approximate surface area is 81.0 Å². The number of hydrogen-bond acceptors (Lipinski definition) is 0. The van der Waals surface area contributed by atoms with Crippen LogP contribution in [-0.4, -0.2) is 0 Å². The Kier molecular flexibility index (Phi) is 2.68. The van der Waals surface area contributed by atoms with Gasteiger partial charge < -0.3 is 0 Å². The minimum absolute atomic E-state index is 1.01. The quantitative estimate of drug-likeness (QED) is 0.654. The first-order chi connectivity index (χ1) is 6.40. The van der Waals surface area contributed by atoms with E-state index in [-0.39, 0.29) is 0 Å². The van der Waals surface area contributed by atoms with Crippen molar-refractivity contribution in [3.05, 3.63) is 35.4 Å². The van der Waals surface area contributed by atoms with Crippen LogP contribution in [0.5, 0.6) is 0 Å². The van der Waals surface area contributed by atoms with Crippen molar-refractivity contribution >= 4 is 0 Å². The van der Waals surface area contributed by atoms with Crippen LogP contribution < -0.4 is 0 Å². The van der Waals surface area contributed by atoms with Crippen LogP contribution in [0.4, 0.5) is 0 Å². The summed E-state index contributed by atoms with van der Waals surface area (Å²) < 4.78 is 0. The number of hydrogen-bond donors (Lipinski definition) is 0. The molecule has 0 heteroatoms. The predicted molar refractivity (Wildman–Crippen MR) is 56.9 cm³/mol. The summed E-state index contributed by atoms with van der Waals surface area (Å²) in [5, 5.41) is 0. The van der Waals surface area contributed by atoms with Crippen LogP contribution in [0, 0.1) is 5.92 Å². The standard InChI is InChI=1S/C13H18/c1-2-5-12-6-3-4-7-13(12)10-11-8-9-11/h3-4,6-7,11H,2,5,8-10H2,1H3. The average Bonchev–Trinajstić information content (AvgIpc) is 2.93. The molecule has 0 amide bonds. The smallest absolute Gasteiger partial charge is 0.0248 e. The molecule has 0 N–H and O–H groups in total. The van der Waals surface area contributed by atoms with Gasteiger partial charge in [0.1, 0.15) is 0 Å². The van der Waals surface area contributed by atoms with E-state index in [1.165, 1.54) is 32.1 Å². The van der Waals surface area contributed by atoms with E-state index in [1.807, 2.05) is 0 Å². The van der Waals surface area contributed by atoms with Crippen LogP contribution in [0.25, 0.3) is 0 Å². The van der Waals surface area contributed by atoms with Crippen molar-refractivity contribution in [1.29, 1.82) is 0 Å². The Morgan fingerprint density at radius 2 is 1.85 bits per heavy atom. The molecule has 1 aromatic carbocycles. The normalized spacial score (nSPS) is 16.1. The molecule has 1 fully saturated rings. The van der Waals surface area contributed by atoms with Gasteiger partial charge in [0, 0.05) is 0 Å². The molecule has 70 valence electrons. The number of aryl methyl sites for hydroxylation is 1. The van der Waals surface area contributed by atoms with Crippen molar-refractivity contribution in [2.75, 3.05) is 0 Å². The van der Waals surface area contributed by atoms with Gasteiger partial charge in [0.2, 0.25) is 0 Å². The molecule has 0 nitrogen and oxygen atoms in total. The van der Waals surface area contributed by atoms with Gasteiger partial charge in [-0.05, 0) is 42.7 Å². The van der Waals surface area contributed by atoms with Crippen LogP contribution in [0.1, 0.15) is 37.3 Å². The fourth-order valence-corrected chi connectivity index (χ4v) is 1.90. The second-order valence-corrected chi connectivity index (χ2v) is 4.17. The lowest BCUT2D eigenvalue weighted by Gasteiger charge is -2.07. The summed E-state index contributed by atoms with van der Waals surface area (Å²) in [6, 6.07) is 8.95. The number of benzene rings is 1. The monoisotopic (exact) mass is 174 g/mol. The van der Waals surface area contributed by atoms with Crippen LogP contribution >= 0.6 is 0 Å². The molecule has 0 atom stereocenters. The molecule has 0 aliphatic heterocycles. The molecule has 0 aromatic heterocycles. The maximum atomic E-state index is 2.31. The first-order valence-corrected chi connectivity index (χ1v) is 5.47. The van der Waals surface area contributed by atoms with Crippen molar-refractivity contribution in [3.8, 4) is 0 Å². The Morgan fingerprint density at radius 3 is 2.46 bits per heavy atom. The Morgan fingerprint density at radius 1 is 1.15 bits per heavy atom. The Hall–Kier alpha value is -0.780. The van der Waals surface area contributed by atoms with Crippen molar-refractivity contribution in [2.24, 2.45) is 5.92 Å². The molecule has 0 unspecified atom stereocenters. The van der Waals surface area contributed by atoms with Gasteiger partial charge >= 0.3 is 0 Å². The zero-order chi connectivity index (χ0) is 9.10. The summed E-state index contributed by atoms with van der Waals surface area (Å²) >= 11 is 0. The van der Waals surface area contributed by atoms with E-state index in [0.29, 0.717) is 0 Å². The van der Waals surface area contributed by atoms with Crippen molar-refractivity contribution in [2.45, 2.75) is 39.0 Å². The summed E-state index contributed by atoms with van der Waals surface area (Å²) in [6.07, 6.45) is 6.77. The number of rotatable bonds is 4. The highest BCUT2D eigenvalue weighted by molar-refractivity contribution is 5.28. The van der Waals surface area contributed by atoms with Gasteiger partial charge in [0.25, 0.3) is 0 Å². The van der Waals surface area contributed by atoms with Crippen LogP contribution in [0.3, 0.4) is 0 Å². The van der Waals surface area contributed by atoms with E-state index >= 15 is 0 Å². The lowest BCUT2D eigenvalue weighted by molar-refractivity contribution is 0.806. The molecule has 1 aliphatic carbocycles. The van der Waals surface area contributed by atoms with Gasteiger partial charge in [0.05, 0.1) is 0 Å². The summed E-state index contributed by atoms with van der Waals surface area (Å²) in [5.74, 6) is 1.01. The van der Waals surface area contributed by atoms with E-state index < -0.39 is 0 Å². The van der Waals surface area contributed by atoms with Gasteiger partial charge in [-0.1, -0.05) is 37.6 Å². The Bertz CT molecular complexity index is 271. The lowest BCUT2D eigenvalue weighted by Crippen LogP contribution is -1.94. The molecule has 13 heavy (non-hydrogen) atoms. The molecule has 0 bridgehead atoms. The molecule has 0 spiro atoms. The first kappa shape index (κ1) is 8.80. The fourth-order valence-electron chi connectivity index (χ4n) is 1.90. The highest BCUT2D eigenvalue weighted by Gasteiger charge is 2.22. The minimum atomic E-state index is 1.01. The SMILES string of the molecule is CCCc1ccccc1CC1CC1. The van der Waals surface area contributed by atoms with Gasteiger partial charge in [-0.3, -0.25) is 0 Å². The molecule has 1 saturated carbocycles. The molecule has 1 aliphatic rings. The molecule has 0 heterocycles. The van der Waals surface area contributed by atoms with Gasteiger partial charge in [-0.2, -0.15) is 0 Å². The average molecular weight is 174 g/mol. The van der Waals surface area contributed by atoms with Gasteiger partial charge in [-0.25, -0.2) is 0 Å². The van der Waals surface area contributed by atoms with E-state index in [4.69, 9.17) is 0 Å². The van der Waals surface area contributed by atoms with E-state index in [1.54, 1.807) is 11.1 Å². The topological polar surface area (TPSA) is 0 Å². The third kappa shape index (κ3) is 2.33. The van der Waals surface area contributed by atoms with Crippen LogP contribution in [0.2, 0.25) is 0 Å². The maximum absolute atomic E-state index is 2.31. The van der Waals surface area contributed by atoms with Gasteiger partial charge in [0.15, 0.2) is 0 Å². The summed E-state index contributed by atoms with van der Waals surface area (Å²) in [4.78, 5) is 0. The van der Waals surface area contributed by atoms with Crippen molar-refractivity contribution in [1.82, 2.24) is 0 Å². The molecule has 0 saturated heterocycles. The summed E-state index contributed by atoms with van der Waals surface area (Å²) in [7, 11) is 0. The summed E-state index contributed by atoms with van der Waals surface area (Å²) in [6.45, 7) is 2.26. The fraction of sp³-hybridized carbons (Fsp3) is 0.538. The lowest BCUT2D eigenvalue weighted by atomic mass is 9.99. The van der Waals surface area contributed by atoms with Gasteiger partial charge in [-0.15, -0.1) is 0 Å². The minimum Gasteiger partial charge on any atom is -0.0651 e. The summed E-state index contributed by atoms with van der Waals surface area (Å²) in [5.41, 5.74) is 3.18. The second kappa shape index (κ2) is 3.95. The first-order valence-electron chi connectivity index (χ1n) is 5.47. The molecular formula is C13H18. The van der Waals surface area contributed by atoms with Crippen LogP contribution in [-0.2, 0) is 12.8 Å². The zero-order valence-electron chi connectivity index (χ0n) is 8.42. The predicted octanol–water partition coefficient (Wildman–Crippen LogP) is 3.59. The Balaban J connectivity index is 2.10. The van der Waals surface area contributed by atoms with Crippen molar-refractivity contribution < 1.29 is 0 Å². The third-order valence-electron chi connectivity index (χ3n) is 2.84. The largest absolute Gasteiger partial charge is 0.0651 e. The van der Waals surface area contributed by atoms with E-state index in [0.717, 1.165) is 5.92 Å². The zero-order valence-corrected chi connectivity index (χ0v) is 8.42. The second-order valence-electron chi connectivity index (χ2n) is 4.17. The van der Waals surface area contributed by atoms with E-state index in [9.17, 15) is 0 Å².